The van der Waals surface area contributed by atoms with Crippen LogP contribution in [0, 0.1) is 6.92 Å². The lowest BCUT2D eigenvalue weighted by Gasteiger charge is -2.30. The van der Waals surface area contributed by atoms with Crippen LogP contribution in [-0.2, 0) is 16.1 Å². The van der Waals surface area contributed by atoms with E-state index in [1.807, 2.05) is 26.0 Å². The van der Waals surface area contributed by atoms with Gasteiger partial charge in [0.15, 0.2) is 6.61 Å². The molecule has 0 spiro atoms. The summed E-state index contributed by atoms with van der Waals surface area (Å²) in [6, 6.07) is 11.9. The molecule has 2 rings (SSSR count). The third-order valence-electron chi connectivity index (χ3n) is 4.41. The molecule has 0 aliphatic rings. The Hall–Kier alpha value is -2.24. The Morgan fingerprint density at radius 2 is 1.71 bits per heavy atom. The average molecular weight is 423 g/mol. The van der Waals surface area contributed by atoms with Crippen molar-refractivity contribution in [3.63, 3.8) is 0 Å². The van der Waals surface area contributed by atoms with Gasteiger partial charge in [-0.3, -0.25) is 9.59 Å². The van der Waals surface area contributed by atoms with Crippen molar-refractivity contribution in [3.8, 4) is 5.75 Å². The number of likely N-dealkylation sites (N-methyl/N-ethyl adjacent to an activating group) is 1. The molecule has 150 valence electrons. The molecule has 0 aromatic heterocycles. The van der Waals surface area contributed by atoms with Crippen LogP contribution in [0.1, 0.15) is 24.5 Å². The van der Waals surface area contributed by atoms with Gasteiger partial charge < -0.3 is 15.0 Å². The number of halogens is 2. The average Bonchev–Trinajstić information content (AvgIpc) is 2.69. The molecule has 0 radical (unpaired) electrons. The van der Waals surface area contributed by atoms with Crippen molar-refractivity contribution in [3.05, 3.63) is 63.6 Å². The van der Waals surface area contributed by atoms with E-state index in [0.29, 0.717) is 27.8 Å². The maximum Gasteiger partial charge on any atom is 0.261 e. The number of hydrogen-bond donors (Lipinski definition) is 1. The fourth-order valence-corrected chi connectivity index (χ4v) is 3.32. The van der Waals surface area contributed by atoms with Gasteiger partial charge >= 0.3 is 0 Å². The Labute approximate surface area is 175 Å². The predicted molar refractivity (Wildman–Crippen MR) is 112 cm³/mol. The van der Waals surface area contributed by atoms with Gasteiger partial charge in [-0.1, -0.05) is 53.9 Å². The largest absolute Gasteiger partial charge is 0.484 e. The summed E-state index contributed by atoms with van der Waals surface area (Å²) in [6.07, 6.45) is 0.442. The van der Waals surface area contributed by atoms with Crippen molar-refractivity contribution >= 4 is 35.0 Å². The highest BCUT2D eigenvalue weighted by atomic mass is 35.5. The minimum absolute atomic E-state index is 0.112. The summed E-state index contributed by atoms with van der Waals surface area (Å²) in [6.45, 7) is 3.73. The van der Waals surface area contributed by atoms with Gasteiger partial charge in [0, 0.05) is 29.2 Å². The molecule has 0 bridgehead atoms. The third-order valence-corrected chi connectivity index (χ3v) is 5.11. The van der Waals surface area contributed by atoms with Crippen molar-refractivity contribution in [2.75, 3.05) is 13.7 Å². The van der Waals surface area contributed by atoms with Gasteiger partial charge in [0.2, 0.25) is 5.91 Å². The second-order valence-corrected chi connectivity index (χ2v) is 7.18. The van der Waals surface area contributed by atoms with Crippen LogP contribution < -0.4 is 10.1 Å². The van der Waals surface area contributed by atoms with Crippen LogP contribution in [0.15, 0.2) is 42.5 Å². The Morgan fingerprint density at radius 1 is 1.11 bits per heavy atom. The van der Waals surface area contributed by atoms with Crippen molar-refractivity contribution in [2.45, 2.75) is 32.9 Å². The SMILES string of the molecule is CC[C@H](C(=O)NC)N(Cc1c(Cl)cccc1Cl)C(=O)COc1ccc(C)cc1. The monoisotopic (exact) mass is 422 g/mol. The van der Waals surface area contributed by atoms with E-state index in [-0.39, 0.29) is 25.0 Å². The number of amides is 2. The minimum atomic E-state index is -0.661. The Balaban J connectivity index is 2.24. The van der Waals surface area contributed by atoms with Gasteiger partial charge in [-0.15, -0.1) is 0 Å². The zero-order chi connectivity index (χ0) is 20.7. The molecule has 5 nitrogen and oxygen atoms in total. The van der Waals surface area contributed by atoms with Crippen LogP contribution >= 0.6 is 23.2 Å². The first-order valence-corrected chi connectivity index (χ1v) is 9.76. The highest BCUT2D eigenvalue weighted by Crippen LogP contribution is 2.27. The highest BCUT2D eigenvalue weighted by Gasteiger charge is 2.29. The van der Waals surface area contributed by atoms with Gasteiger partial charge in [0.25, 0.3) is 5.91 Å². The van der Waals surface area contributed by atoms with E-state index in [0.717, 1.165) is 5.56 Å². The van der Waals surface area contributed by atoms with E-state index < -0.39 is 6.04 Å². The molecule has 0 aliphatic carbocycles. The lowest BCUT2D eigenvalue weighted by molar-refractivity contribution is -0.142. The number of aryl methyl sites for hydroxylation is 1. The van der Waals surface area contributed by atoms with Crippen molar-refractivity contribution in [2.24, 2.45) is 0 Å². The molecule has 1 N–H and O–H groups in total. The van der Waals surface area contributed by atoms with Crippen LogP contribution in [0.3, 0.4) is 0 Å². The molecule has 0 fully saturated rings. The highest BCUT2D eigenvalue weighted by molar-refractivity contribution is 6.36. The summed E-state index contributed by atoms with van der Waals surface area (Å²) < 4.78 is 5.62. The summed E-state index contributed by atoms with van der Waals surface area (Å²) in [5.41, 5.74) is 1.69. The Kier molecular flexibility index (Phi) is 8.15. The standard InChI is InChI=1S/C21H24Cl2N2O3/c1-4-19(21(27)24-3)25(12-16-17(22)6-5-7-18(16)23)20(26)13-28-15-10-8-14(2)9-11-15/h5-11,19H,4,12-13H2,1-3H3,(H,24,27)/t19-/m1/s1. The minimum Gasteiger partial charge on any atom is -0.484 e. The van der Waals surface area contributed by atoms with E-state index in [1.165, 1.54) is 4.90 Å². The summed E-state index contributed by atoms with van der Waals surface area (Å²) >= 11 is 12.5. The van der Waals surface area contributed by atoms with Crippen LogP contribution in [0.5, 0.6) is 5.75 Å². The summed E-state index contributed by atoms with van der Waals surface area (Å²) in [5.74, 6) is 0.00374. The molecule has 2 aromatic carbocycles. The normalized spacial score (nSPS) is 11.6. The molecule has 2 amide bonds. The lowest BCUT2D eigenvalue weighted by atomic mass is 10.1. The third kappa shape index (κ3) is 5.63. The molecule has 0 heterocycles. The second kappa shape index (κ2) is 10.3. The summed E-state index contributed by atoms with van der Waals surface area (Å²) in [5, 5.41) is 3.49. The topological polar surface area (TPSA) is 58.6 Å². The fourth-order valence-electron chi connectivity index (χ4n) is 2.80. The maximum atomic E-state index is 13.0. The van der Waals surface area contributed by atoms with E-state index in [4.69, 9.17) is 27.9 Å². The molecule has 1 atom stereocenters. The second-order valence-electron chi connectivity index (χ2n) is 6.36. The van der Waals surface area contributed by atoms with Crippen molar-refractivity contribution in [1.82, 2.24) is 10.2 Å². The molecular formula is C21H24Cl2N2O3. The van der Waals surface area contributed by atoms with Gasteiger partial charge in [0.05, 0.1) is 0 Å². The van der Waals surface area contributed by atoms with Gasteiger partial charge in [-0.05, 0) is 37.6 Å². The maximum absolute atomic E-state index is 13.0. The number of ether oxygens (including phenoxy) is 1. The molecular weight excluding hydrogens is 399 g/mol. The van der Waals surface area contributed by atoms with Crippen LogP contribution in [-0.4, -0.2) is 36.4 Å². The molecule has 0 unspecified atom stereocenters. The van der Waals surface area contributed by atoms with Gasteiger partial charge in [-0.25, -0.2) is 0 Å². The van der Waals surface area contributed by atoms with E-state index >= 15 is 0 Å². The van der Waals surface area contributed by atoms with E-state index in [2.05, 4.69) is 5.32 Å². The smallest absolute Gasteiger partial charge is 0.261 e. The molecule has 28 heavy (non-hydrogen) atoms. The van der Waals surface area contributed by atoms with Gasteiger partial charge in [-0.2, -0.15) is 0 Å². The molecule has 0 aliphatic heterocycles. The Bertz CT molecular complexity index is 805. The molecule has 0 saturated heterocycles. The summed E-state index contributed by atoms with van der Waals surface area (Å²) in [7, 11) is 1.54. The number of rotatable bonds is 8. The quantitative estimate of drug-likeness (QED) is 0.691. The number of benzene rings is 2. The molecule has 0 saturated carbocycles. The molecule has 2 aromatic rings. The van der Waals surface area contributed by atoms with Crippen molar-refractivity contribution in [1.29, 1.82) is 0 Å². The molecule has 7 heteroatoms. The van der Waals surface area contributed by atoms with Gasteiger partial charge in [0.1, 0.15) is 11.8 Å². The van der Waals surface area contributed by atoms with Crippen molar-refractivity contribution < 1.29 is 14.3 Å². The Morgan fingerprint density at radius 3 is 2.25 bits per heavy atom. The zero-order valence-corrected chi connectivity index (χ0v) is 17.7. The van der Waals surface area contributed by atoms with E-state index in [1.54, 1.807) is 37.4 Å². The number of hydrogen-bond acceptors (Lipinski definition) is 3. The number of carbonyl (C=O) groups is 2. The van der Waals surface area contributed by atoms with Crippen LogP contribution in [0.25, 0.3) is 0 Å². The predicted octanol–water partition coefficient (Wildman–Crippen LogP) is 4.23. The first-order chi connectivity index (χ1) is 13.4. The number of carbonyl (C=O) groups excluding carboxylic acids is 2. The van der Waals surface area contributed by atoms with E-state index in [9.17, 15) is 9.59 Å². The number of nitrogens with zero attached hydrogens (tertiary/aromatic N) is 1. The lowest BCUT2D eigenvalue weighted by Crippen LogP contribution is -2.49. The number of nitrogens with one attached hydrogen (secondary N) is 1. The first kappa shape index (κ1) is 22.1. The zero-order valence-electron chi connectivity index (χ0n) is 16.2. The fraction of sp³-hybridized carbons (Fsp3) is 0.333. The van der Waals surface area contributed by atoms with Crippen LogP contribution in [0.4, 0.5) is 0 Å². The summed E-state index contributed by atoms with van der Waals surface area (Å²) in [4.78, 5) is 26.8. The first-order valence-electron chi connectivity index (χ1n) is 9.00. The van der Waals surface area contributed by atoms with Crippen LogP contribution in [0.2, 0.25) is 10.0 Å².